The molecule has 0 bridgehead atoms. The lowest BCUT2D eigenvalue weighted by Gasteiger charge is -1.99. The van der Waals surface area contributed by atoms with Gasteiger partial charge in [-0.05, 0) is 31.6 Å². The molecule has 0 amide bonds. The van der Waals surface area contributed by atoms with Crippen LogP contribution < -0.4 is 5.32 Å². The van der Waals surface area contributed by atoms with Crippen LogP contribution in [0.2, 0.25) is 0 Å². The van der Waals surface area contributed by atoms with Crippen molar-refractivity contribution in [2.24, 2.45) is 0 Å². The normalized spacial score (nSPS) is 10.7. The van der Waals surface area contributed by atoms with E-state index >= 15 is 0 Å². The number of aryl methyl sites for hydroxylation is 1. The highest BCUT2D eigenvalue weighted by Crippen LogP contribution is 2.11. The van der Waals surface area contributed by atoms with Gasteiger partial charge in [-0.15, -0.1) is 10.2 Å². The fourth-order valence-electron chi connectivity index (χ4n) is 1.77. The molecule has 96 valence electrons. The van der Waals surface area contributed by atoms with Crippen molar-refractivity contribution < 1.29 is 0 Å². The molecule has 0 aliphatic carbocycles. The Balaban J connectivity index is 1.83. The molecule has 2 rings (SSSR count). The summed E-state index contributed by atoms with van der Waals surface area (Å²) in [5, 5.41) is 15.7. The third-order valence-corrected chi connectivity index (χ3v) is 2.77. The van der Waals surface area contributed by atoms with E-state index in [1.807, 2.05) is 37.4 Å². The lowest BCUT2D eigenvalue weighted by molar-refractivity contribution is 0.479. The number of rotatable bonds is 7. The molecule has 0 atom stereocenters. The van der Waals surface area contributed by atoms with E-state index in [1.54, 1.807) is 4.80 Å². The van der Waals surface area contributed by atoms with E-state index in [4.69, 9.17) is 0 Å². The number of hydrogen-bond acceptors (Lipinski definition) is 4. The first-order valence-electron chi connectivity index (χ1n) is 6.38. The highest BCUT2D eigenvalue weighted by molar-refractivity contribution is 5.52. The zero-order chi connectivity index (χ0) is 12.6. The Hall–Kier alpha value is -1.75. The number of unbranched alkanes of at least 4 members (excludes halogenated alkanes) is 2. The van der Waals surface area contributed by atoms with Crippen molar-refractivity contribution in [3.63, 3.8) is 0 Å². The van der Waals surface area contributed by atoms with Crippen LogP contribution in [-0.2, 0) is 6.54 Å². The van der Waals surface area contributed by atoms with E-state index in [0.29, 0.717) is 5.82 Å². The second-order valence-electron chi connectivity index (χ2n) is 4.24. The second-order valence-corrected chi connectivity index (χ2v) is 4.24. The number of tetrazole rings is 1. The summed E-state index contributed by atoms with van der Waals surface area (Å²) in [7, 11) is 1.98. The summed E-state index contributed by atoms with van der Waals surface area (Å²) in [5.41, 5.74) is 1.01. The summed E-state index contributed by atoms with van der Waals surface area (Å²) in [6.45, 7) is 1.91. The van der Waals surface area contributed by atoms with Crippen molar-refractivity contribution >= 4 is 0 Å². The van der Waals surface area contributed by atoms with Crippen molar-refractivity contribution in [1.29, 1.82) is 0 Å². The Labute approximate surface area is 107 Å². The molecule has 5 nitrogen and oxygen atoms in total. The van der Waals surface area contributed by atoms with Crippen LogP contribution in [-0.4, -0.2) is 33.8 Å². The maximum absolute atomic E-state index is 4.38. The lowest BCUT2D eigenvalue weighted by atomic mass is 10.2. The minimum Gasteiger partial charge on any atom is -0.320 e. The van der Waals surface area contributed by atoms with Crippen molar-refractivity contribution in [2.45, 2.75) is 25.8 Å². The van der Waals surface area contributed by atoms with Crippen LogP contribution in [0.25, 0.3) is 11.4 Å². The molecule has 1 aromatic carbocycles. The molecular formula is C13H19N5. The molecule has 0 aliphatic heterocycles. The molecule has 2 aromatic rings. The monoisotopic (exact) mass is 245 g/mol. The predicted octanol–water partition coefficient (Wildman–Crippen LogP) is 1.73. The minimum atomic E-state index is 0.700. The molecule has 18 heavy (non-hydrogen) atoms. The van der Waals surface area contributed by atoms with Gasteiger partial charge in [0.05, 0.1) is 6.54 Å². The molecule has 0 saturated carbocycles. The van der Waals surface area contributed by atoms with E-state index in [0.717, 1.165) is 25.1 Å². The smallest absolute Gasteiger partial charge is 0.204 e. The Kier molecular flexibility index (Phi) is 4.84. The third-order valence-electron chi connectivity index (χ3n) is 2.77. The van der Waals surface area contributed by atoms with Crippen molar-refractivity contribution in [3.05, 3.63) is 30.3 Å². The van der Waals surface area contributed by atoms with E-state index in [9.17, 15) is 0 Å². The van der Waals surface area contributed by atoms with Crippen LogP contribution in [0.3, 0.4) is 0 Å². The van der Waals surface area contributed by atoms with Crippen LogP contribution in [0, 0.1) is 0 Å². The number of aromatic nitrogens is 4. The van der Waals surface area contributed by atoms with Crippen LogP contribution in [0.15, 0.2) is 30.3 Å². The summed E-state index contributed by atoms with van der Waals surface area (Å²) in [4.78, 5) is 1.68. The van der Waals surface area contributed by atoms with Gasteiger partial charge in [-0.25, -0.2) is 0 Å². The lowest BCUT2D eigenvalue weighted by Crippen LogP contribution is -2.08. The van der Waals surface area contributed by atoms with Crippen molar-refractivity contribution in [3.8, 4) is 11.4 Å². The van der Waals surface area contributed by atoms with Crippen LogP contribution in [0.1, 0.15) is 19.3 Å². The van der Waals surface area contributed by atoms with Gasteiger partial charge in [-0.2, -0.15) is 4.80 Å². The first kappa shape index (κ1) is 12.7. The van der Waals surface area contributed by atoms with E-state index < -0.39 is 0 Å². The third kappa shape index (κ3) is 3.63. The second kappa shape index (κ2) is 6.86. The standard InChI is InChI=1S/C13H19N5/c1-14-10-6-3-7-11-18-16-13(15-17-18)12-8-4-2-5-9-12/h2,4-5,8-9,14H,3,6-7,10-11H2,1H3. The Morgan fingerprint density at radius 3 is 2.72 bits per heavy atom. The molecule has 0 spiro atoms. The molecular weight excluding hydrogens is 226 g/mol. The Bertz CT molecular complexity index is 451. The van der Waals surface area contributed by atoms with Crippen LogP contribution in [0.4, 0.5) is 0 Å². The molecule has 0 unspecified atom stereocenters. The van der Waals surface area contributed by atoms with E-state index in [2.05, 4.69) is 20.7 Å². The molecule has 0 fully saturated rings. The highest BCUT2D eigenvalue weighted by atomic mass is 15.6. The molecule has 0 saturated heterocycles. The van der Waals surface area contributed by atoms with Gasteiger partial charge < -0.3 is 5.32 Å². The SMILES string of the molecule is CNCCCCCn1nnc(-c2ccccc2)n1. The summed E-state index contributed by atoms with van der Waals surface area (Å²) >= 11 is 0. The quantitative estimate of drug-likeness (QED) is 0.755. The number of nitrogens with zero attached hydrogens (tertiary/aromatic N) is 4. The maximum Gasteiger partial charge on any atom is 0.204 e. The highest BCUT2D eigenvalue weighted by Gasteiger charge is 2.04. The van der Waals surface area contributed by atoms with Crippen molar-refractivity contribution in [1.82, 2.24) is 25.5 Å². The van der Waals surface area contributed by atoms with Gasteiger partial charge in [-0.3, -0.25) is 0 Å². The van der Waals surface area contributed by atoms with Gasteiger partial charge in [0.2, 0.25) is 5.82 Å². The number of nitrogens with one attached hydrogen (secondary N) is 1. The van der Waals surface area contributed by atoms with Gasteiger partial charge in [0.1, 0.15) is 0 Å². The average molecular weight is 245 g/mol. The van der Waals surface area contributed by atoms with Gasteiger partial charge in [0.15, 0.2) is 0 Å². The first-order valence-corrected chi connectivity index (χ1v) is 6.38. The zero-order valence-electron chi connectivity index (χ0n) is 10.7. The van der Waals surface area contributed by atoms with Gasteiger partial charge in [0, 0.05) is 5.56 Å². The summed E-state index contributed by atoms with van der Waals surface area (Å²) in [6, 6.07) is 9.93. The summed E-state index contributed by atoms with van der Waals surface area (Å²) in [6.07, 6.45) is 3.46. The van der Waals surface area contributed by atoms with Gasteiger partial charge in [-0.1, -0.05) is 36.8 Å². The van der Waals surface area contributed by atoms with E-state index in [1.165, 1.54) is 12.8 Å². The average Bonchev–Trinajstić information content (AvgIpc) is 2.88. The predicted molar refractivity (Wildman–Crippen MR) is 71.0 cm³/mol. The topological polar surface area (TPSA) is 55.6 Å². The molecule has 1 aromatic heterocycles. The minimum absolute atomic E-state index is 0.700. The maximum atomic E-state index is 4.38. The molecule has 0 radical (unpaired) electrons. The number of hydrogen-bond donors (Lipinski definition) is 1. The largest absolute Gasteiger partial charge is 0.320 e. The zero-order valence-corrected chi connectivity index (χ0v) is 10.7. The Morgan fingerprint density at radius 2 is 1.94 bits per heavy atom. The van der Waals surface area contributed by atoms with Crippen LogP contribution in [0.5, 0.6) is 0 Å². The first-order chi connectivity index (χ1) is 8.90. The molecule has 5 heteroatoms. The number of benzene rings is 1. The molecule has 1 N–H and O–H groups in total. The fourth-order valence-corrected chi connectivity index (χ4v) is 1.77. The fraction of sp³-hybridized carbons (Fsp3) is 0.462. The molecule has 0 aliphatic rings. The Morgan fingerprint density at radius 1 is 1.11 bits per heavy atom. The van der Waals surface area contributed by atoms with E-state index in [-0.39, 0.29) is 0 Å². The summed E-state index contributed by atoms with van der Waals surface area (Å²) in [5.74, 6) is 0.700. The van der Waals surface area contributed by atoms with Gasteiger partial charge >= 0.3 is 0 Å². The van der Waals surface area contributed by atoms with Gasteiger partial charge in [0.25, 0.3) is 0 Å². The molecule has 1 heterocycles. The van der Waals surface area contributed by atoms with Crippen LogP contribution >= 0.6 is 0 Å². The summed E-state index contributed by atoms with van der Waals surface area (Å²) < 4.78 is 0. The van der Waals surface area contributed by atoms with Crippen molar-refractivity contribution in [2.75, 3.05) is 13.6 Å².